The van der Waals surface area contributed by atoms with Gasteiger partial charge in [0.1, 0.15) is 5.75 Å². The number of rotatable bonds is 1. The Morgan fingerprint density at radius 1 is 0.955 bits per heavy atom. The Bertz CT molecular complexity index is 909. The molecule has 0 bridgehead atoms. The van der Waals surface area contributed by atoms with E-state index in [9.17, 15) is 4.79 Å². The predicted octanol–water partition coefficient (Wildman–Crippen LogP) is 4.54. The maximum absolute atomic E-state index is 12.9. The minimum Gasteiger partial charge on any atom is -0.497 e. The molecule has 108 valence electrons. The molecule has 3 aromatic rings. The van der Waals surface area contributed by atoms with Gasteiger partial charge in [-0.15, -0.1) is 0 Å². The largest absolute Gasteiger partial charge is 0.497 e. The Morgan fingerprint density at radius 2 is 1.73 bits per heavy atom. The predicted molar refractivity (Wildman–Crippen MR) is 87.9 cm³/mol. The molecular weight excluding hydrogens is 272 g/mol. The Kier molecular flexibility index (Phi) is 2.80. The van der Waals surface area contributed by atoms with Gasteiger partial charge in [0.2, 0.25) is 0 Å². The molecule has 0 saturated heterocycles. The number of fused-ring (bicyclic) bond motifs is 4. The fourth-order valence-corrected chi connectivity index (χ4v) is 3.49. The van der Waals surface area contributed by atoms with Crippen molar-refractivity contribution in [3.05, 3.63) is 76.9 Å². The van der Waals surface area contributed by atoms with Gasteiger partial charge in [0.15, 0.2) is 5.78 Å². The van der Waals surface area contributed by atoms with Crippen LogP contribution in [-0.4, -0.2) is 12.9 Å². The molecule has 0 aliphatic heterocycles. The van der Waals surface area contributed by atoms with Gasteiger partial charge in [-0.2, -0.15) is 0 Å². The molecule has 0 aromatic heterocycles. The molecule has 0 fully saturated rings. The molecule has 3 aromatic carbocycles. The molecular formula is C20H16O2. The van der Waals surface area contributed by atoms with E-state index < -0.39 is 0 Å². The highest BCUT2D eigenvalue weighted by atomic mass is 16.5. The molecule has 22 heavy (non-hydrogen) atoms. The minimum absolute atomic E-state index is 0.108. The third kappa shape index (κ3) is 1.70. The van der Waals surface area contributed by atoms with Gasteiger partial charge in [-0.3, -0.25) is 4.79 Å². The lowest BCUT2D eigenvalue weighted by Crippen LogP contribution is -2.18. The van der Waals surface area contributed by atoms with Crippen LogP contribution in [0.2, 0.25) is 0 Å². The lowest BCUT2D eigenvalue weighted by Gasteiger charge is -2.26. The van der Waals surface area contributed by atoms with Crippen LogP contribution in [0.3, 0.4) is 0 Å². The SMILES string of the molecule is COc1ccc2c(c1)C(C)c1c(ccc3ccccc13)C2=O. The van der Waals surface area contributed by atoms with Gasteiger partial charge < -0.3 is 4.74 Å². The van der Waals surface area contributed by atoms with Crippen molar-refractivity contribution in [3.8, 4) is 5.75 Å². The number of hydrogen-bond donors (Lipinski definition) is 0. The second kappa shape index (κ2) is 4.70. The van der Waals surface area contributed by atoms with Gasteiger partial charge in [-0.25, -0.2) is 0 Å². The Labute approximate surface area is 129 Å². The standard InChI is InChI=1S/C20H16O2/c1-12-18-11-14(22-2)8-10-16(18)20(21)17-9-7-13-5-3-4-6-15(13)19(12)17/h3-12H,1-2H3. The topological polar surface area (TPSA) is 26.3 Å². The van der Waals surface area contributed by atoms with Crippen molar-refractivity contribution in [2.45, 2.75) is 12.8 Å². The molecule has 0 amide bonds. The van der Waals surface area contributed by atoms with Crippen LogP contribution >= 0.6 is 0 Å². The lowest BCUT2D eigenvalue weighted by atomic mass is 9.76. The van der Waals surface area contributed by atoms with Gasteiger partial charge in [0, 0.05) is 17.0 Å². The maximum atomic E-state index is 12.9. The van der Waals surface area contributed by atoms with E-state index in [-0.39, 0.29) is 11.7 Å². The summed E-state index contributed by atoms with van der Waals surface area (Å²) in [7, 11) is 1.65. The van der Waals surface area contributed by atoms with Crippen LogP contribution in [0, 0.1) is 0 Å². The fourth-order valence-electron chi connectivity index (χ4n) is 3.49. The van der Waals surface area contributed by atoms with Crippen LogP contribution in [0.25, 0.3) is 10.8 Å². The molecule has 0 N–H and O–H groups in total. The van der Waals surface area contributed by atoms with Crippen molar-refractivity contribution in [1.82, 2.24) is 0 Å². The number of ether oxygens (including phenoxy) is 1. The van der Waals surface area contributed by atoms with Crippen LogP contribution in [0.5, 0.6) is 5.75 Å². The third-order valence-electron chi connectivity index (χ3n) is 4.62. The Balaban J connectivity index is 2.04. The van der Waals surface area contributed by atoms with E-state index in [1.54, 1.807) is 7.11 Å². The summed E-state index contributed by atoms with van der Waals surface area (Å²) in [5, 5.41) is 2.33. The van der Waals surface area contributed by atoms with Crippen molar-refractivity contribution < 1.29 is 9.53 Å². The van der Waals surface area contributed by atoms with Crippen molar-refractivity contribution in [2.24, 2.45) is 0 Å². The first kappa shape index (κ1) is 13.1. The molecule has 1 aliphatic rings. The summed E-state index contributed by atoms with van der Waals surface area (Å²) in [6, 6.07) is 18.0. The molecule has 1 atom stereocenters. The smallest absolute Gasteiger partial charge is 0.193 e. The average molecular weight is 288 g/mol. The van der Waals surface area contributed by atoms with Crippen molar-refractivity contribution in [3.63, 3.8) is 0 Å². The summed E-state index contributed by atoms with van der Waals surface area (Å²) in [6.07, 6.45) is 0. The van der Waals surface area contributed by atoms with Crippen LogP contribution < -0.4 is 4.74 Å². The maximum Gasteiger partial charge on any atom is 0.193 e. The number of carbonyl (C=O) groups is 1. The van der Waals surface area contributed by atoms with Crippen molar-refractivity contribution in [1.29, 1.82) is 0 Å². The molecule has 0 saturated carbocycles. The summed E-state index contributed by atoms with van der Waals surface area (Å²) in [5.41, 5.74) is 3.79. The number of ketones is 1. The first-order valence-electron chi connectivity index (χ1n) is 7.45. The molecule has 0 heterocycles. The molecule has 1 aliphatic carbocycles. The van der Waals surface area contributed by atoms with Crippen LogP contribution in [-0.2, 0) is 0 Å². The lowest BCUT2D eigenvalue weighted by molar-refractivity contribution is 0.103. The van der Waals surface area contributed by atoms with E-state index in [2.05, 4.69) is 19.1 Å². The summed E-state index contributed by atoms with van der Waals surface area (Å²) >= 11 is 0. The van der Waals surface area contributed by atoms with E-state index in [1.165, 1.54) is 5.39 Å². The Hall–Kier alpha value is -2.61. The number of methoxy groups -OCH3 is 1. The zero-order valence-corrected chi connectivity index (χ0v) is 12.6. The average Bonchev–Trinajstić information content (AvgIpc) is 2.58. The summed E-state index contributed by atoms with van der Waals surface area (Å²) in [6.45, 7) is 2.16. The van der Waals surface area contributed by atoms with E-state index in [0.29, 0.717) is 0 Å². The second-order valence-electron chi connectivity index (χ2n) is 5.75. The normalized spacial score (nSPS) is 16.3. The first-order chi connectivity index (χ1) is 10.7. The van der Waals surface area contributed by atoms with Crippen molar-refractivity contribution >= 4 is 16.6 Å². The van der Waals surface area contributed by atoms with E-state index in [1.807, 2.05) is 42.5 Å². The molecule has 0 radical (unpaired) electrons. The zero-order valence-electron chi connectivity index (χ0n) is 12.6. The second-order valence-corrected chi connectivity index (χ2v) is 5.75. The number of carbonyl (C=O) groups excluding carboxylic acids is 1. The fraction of sp³-hybridized carbons (Fsp3) is 0.150. The highest BCUT2D eigenvalue weighted by Crippen LogP contribution is 2.41. The summed E-state index contributed by atoms with van der Waals surface area (Å²) in [5.74, 6) is 1.07. The van der Waals surface area contributed by atoms with E-state index >= 15 is 0 Å². The quantitative estimate of drug-likeness (QED) is 0.657. The minimum atomic E-state index is 0.108. The molecule has 0 spiro atoms. The zero-order chi connectivity index (χ0) is 15.3. The summed E-state index contributed by atoms with van der Waals surface area (Å²) < 4.78 is 5.33. The number of benzene rings is 3. The van der Waals surface area contributed by atoms with Crippen LogP contribution in [0.1, 0.15) is 39.9 Å². The van der Waals surface area contributed by atoms with Gasteiger partial charge in [0.05, 0.1) is 7.11 Å². The highest BCUT2D eigenvalue weighted by molar-refractivity contribution is 6.15. The molecule has 2 nitrogen and oxygen atoms in total. The molecule has 2 heteroatoms. The van der Waals surface area contributed by atoms with E-state index in [4.69, 9.17) is 4.74 Å². The van der Waals surface area contributed by atoms with Gasteiger partial charge in [-0.05, 0) is 40.1 Å². The summed E-state index contributed by atoms with van der Waals surface area (Å²) in [4.78, 5) is 12.9. The van der Waals surface area contributed by atoms with E-state index in [0.717, 1.165) is 33.4 Å². The van der Waals surface area contributed by atoms with Crippen LogP contribution in [0.4, 0.5) is 0 Å². The first-order valence-corrected chi connectivity index (χ1v) is 7.45. The highest BCUT2D eigenvalue weighted by Gasteiger charge is 2.30. The van der Waals surface area contributed by atoms with Crippen LogP contribution in [0.15, 0.2) is 54.6 Å². The van der Waals surface area contributed by atoms with Gasteiger partial charge in [0.25, 0.3) is 0 Å². The van der Waals surface area contributed by atoms with Crippen molar-refractivity contribution in [2.75, 3.05) is 7.11 Å². The van der Waals surface area contributed by atoms with Gasteiger partial charge >= 0.3 is 0 Å². The number of hydrogen-bond acceptors (Lipinski definition) is 2. The Morgan fingerprint density at radius 3 is 2.55 bits per heavy atom. The van der Waals surface area contributed by atoms with Gasteiger partial charge in [-0.1, -0.05) is 43.3 Å². The molecule has 4 rings (SSSR count). The molecule has 1 unspecified atom stereocenters. The third-order valence-corrected chi connectivity index (χ3v) is 4.62. The monoisotopic (exact) mass is 288 g/mol.